The predicted octanol–water partition coefficient (Wildman–Crippen LogP) is 6.91. The van der Waals surface area contributed by atoms with Gasteiger partial charge < -0.3 is 4.74 Å². The van der Waals surface area contributed by atoms with E-state index in [1.165, 1.54) is 89.9 Å². The van der Waals surface area contributed by atoms with Crippen LogP contribution in [0.5, 0.6) is 0 Å². The van der Waals surface area contributed by atoms with E-state index in [0.29, 0.717) is 13.0 Å². The van der Waals surface area contributed by atoms with Gasteiger partial charge in [-0.25, -0.2) is 0 Å². The fourth-order valence-electron chi connectivity index (χ4n) is 3.25. The summed E-state index contributed by atoms with van der Waals surface area (Å²) in [6, 6.07) is 0. The Labute approximate surface area is 186 Å². The third-order valence-electron chi connectivity index (χ3n) is 5.09. The molecule has 0 spiro atoms. The lowest BCUT2D eigenvalue weighted by Crippen LogP contribution is -2.14. The Morgan fingerprint density at radius 1 is 0.667 bits per heavy atom. The Kier molecular flexibility index (Phi) is 22.3. The van der Waals surface area contributed by atoms with Gasteiger partial charge >= 0.3 is 10.1 Å². The fraction of sp³-hybridized carbons (Fsp3) is 0.917. The Morgan fingerprint density at radius 3 is 1.60 bits per heavy atom. The summed E-state index contributed by atoms with van der Waals surface area (Å²) in [6.45, 7) is 4.63. The van der Waals surface area contributed by atoms with Crippen molar-refractivity contribution in [1.82, 2.24) is 0 Å². The molecule has 0 atom stereocenters. The minimum absolute atomic E-state index is 0.0921. The molecular formula is C24H46O5S. The summed E-state index contributed by atoms with van der Waals surface area (Å²) in [5.41, 5.74) is 0. The van der Waals surface area contributed by atoms with Gasteiger partial charge in [0.05, 0.1) is 6.61 Å². The van der Waals surface area contributed by atoms with E-state index in [2.05, 4.69) is 28.2 Å². The van der Waals surface area contributed by atoms with Crippen LogP contribution in [0.1, 0.15) is 123 Å². The van der Waals surface area contributed by atoms with Crippen molar-refractivity contribution < 1.29 is 22.4 Å². The minimum atomic E-state index is -3.73. The van der Waals surface area contributed by atoms with Crippen LogP contribution in [0.3, 0.4) is 0 Å². The molecule has 30 heavy (non-hydrogen) atoms. The quantitative estimate of drug-likeness (QED) is 0.0782. The zero-order valence-electron chi connectivity index (χ0n) is 19.6. The highest BCUT2D eigenvalue weighted by atomic mass is 32.2. The van der Waals surface area contributed by atoms with Crippen molar-refractivity contribution in [2.75, 3.05) is 19.0 Å². The standard InChI is InChI=1S/C24H46O5S/c1-3-5-6-7-8-9-10-11-12-13-14-15-16-17-18-19-20-21-22-28-29-30(25,26)24-23-27-4-2/h3-20,23-24H2,1-2H3. The minimum Gasteiger partial charge on any atom is -0.381 e. The van der Waals surface area contributed by atoms with Crippen molar-refractivity contribution in [3.8, 4) is 12.0 Å². The van der Waals surface area contributed by atoms with Gasteiger partial charge in [-0.2, -0.15) is 8.42 Å². The van der Waals surface area contributed by atoms with Gasteiger partial charge in [0.15, 0.2) is 6.11 Å². The van der Waals surface area contributed by atoms with E-state index >= 15 is 0 Å². The Balaban J connectivity index is 3.28. The lowest BCUT2D eigenvalue weighted by atomic mass is 10.0. The molecule has 0 fully saturated rings. The van der Waals surface area contributed by atoms with Gasteiger partial charge in [-0.05, 0) is 17.7 Å². The van der Waals surface area contributed by atoms with Crippen LogP contribution in [0.15, 0.2) is 0 Å². The van der Waals surface area contributed by atoms with Crippen LogP contribution in [-0.4, -0.2) is 27.4 Å². The number of rotatable bonds is 22. The van der Waals surface area contributed by atoms with Gasteiger partial charge in [-0.15, -0.1) is 0 Å². The molecule has 0 aromatic carbocycles. The predicted molar refractivity (Wildman–Crippen MR) is 124 cm³/mol. The molecule has 5 nitrogen and oxygen atoms in total. The first-order valence-electron chi connectivity index (χ1n) is 12.3. The average molecular weight is 447 g/mol. The highest BCUT2D eigenvalue weighted by Gasteiger charge is 2.12. The van der Waals surface area contributed by atoms with Gasteiger partial charge in [0.25, 0.3) is 0 Å². The number of unbranched alkanes of at least 4 members (excludes halogenated alkanes) is 16. The third kappa shape index (κ3) is 23.5. The van der Waals surface area contributed by atoms with Gasteiger partial charge in [0, 0.05) is 13.0 Å². The molecule has 0 aliphatic heterocycles. The van der Waals surface area contributed by atoms with E-state index in [4.69, 9.17) is 4.74 Å². The van der Waals surface area contributed by atoms with Crippen molar-refractivity contribution in [1.29, 1.82) is 0 Å². The second kappa shape index (κ2) is 22.9. The highest BCUT2D eigenvalue weighted by molar-refractivity contribution is 7.86. The summed E-state index contributed by atoms with van der Waals surface area (Å²) < 4.78 is 32.1. The normalized spacial score (nSPS) is 11.3. The maximum atomic E-state index is 11.4. The third-order valence-corrected chi connectivity index (χ3v) is 6.03. The van der Waals surface area contributed by atoms with Gasteiger partial charge in [0.1, 0.15) is 5.75 Å². The van der Waals surface area contributed by atoms with Crippen LogP contribution in [0.25, 0.3) is 0 Å². The molecule has 0 aliphatic carbocycles. The van der Waals surface area contributed by atoms with Crippen molar-refractivity contribution in [3.05, 3.63) is 0 Å². The lowest BCUT2D eigenvalue weighted by molar-refractivity contribution is -0.127. The first kappa shape index (κ1) is 29.2. The summed E-state index contributed by atoms with van der Waals surface area (Å²) in [4.78, 5) is 4.45. The monoisotopic (exact) mass is 446 g/mol. The molecule has 0 unspecified atom stereocenters. The van der Waals surface area contributed by atoms with Crippen molar-refractivity contribution >= 4 is 10.1 Å². The van der Waals surface area contributed by atoms with Crippen molar-refractivity contribution in [2.45, 2.75) is 123 Å². The zero-order valence-corrected chi connectivity index (χ0v) is 20.4. The Hall–Kier alpha value is -0.770. The summed E-state index contributed by atoms with van der Waals surface area (Å²) in [7, 11) is -3.73. The molecule has 0 heterocycles. The summed E-state index contributed by atoms with van der Waals surface area (Å²) >= 11 is 0. The van der Waals surface area contributed by atoms with E-state index in [-0.39, 0.29) is 12.4 Å². The molecule has 0 aliphatic rings. The number of hydrogen-bond acceptors (Lipinski definition) is 5. The molecule has 6 heteroatoms. The Bertz CT molecular complexity index is 507. The van der Waals surface area contributed by atoms with Crippen molar-refractivity contribution in [3.63, 3.8) is 0 Å². The van der Waals surface area contributed by atoms with Crippen LogP contribution < -0.4 is 0 Å². The average Bonchev–Trinajstić information content (AvgIpc) is 2.72. The maximum Gasteiger partial charge on any atom is 0.306 e. The van der Waals surface area contributed by atoms with Gasteiger partial charge in [-0.3, -0.25) is 4.89 Å². The first-order valence-corrected chi connectivity index (χ1v) is 13.8. The van der Waals surface area contributed by atoms with Gasteiger partial charge in [0.2, 0.25) is 0 Å². The first-order chi connectivity index (χ1) is 14.6. The van der Waals surface area contributed by atoms with E-state index in [1.54, 1.807) is 6.92 Å². The maximum absolute atomic E-state index is 11.4. The topological polar surface area (TPSA) is 61.8 Å². The highest BCUT2D eigenvalue weighted by Crippen LogP contribution is 2.13. The zero-order chi connectivity index (χ0) is 22.2. The van der Waals surface area contributed by atoms with E-state index in [0.717, 1.165) is 12.8 Å². The van der Waals surface area contributed by atoms with E-state index in [9.17, 15) is 8.42 Å². The summed E-state index contributed by atoms with van der Waals surface area (Å²) in [6.07, 6.45) is 24.4. The molecule has 178 valence electrons. The van der Waals surface area contributed by atoms with Gasteiger partial charge in [-0.1, -0.05) is 109 Å². The second-order valence-corrected chi connectivity index (χ2v) is 9.60. The van der Waals surface area contributed by atoms with Crippen LogP contribution in [0.2, 0.25) is 0 Å². The Morgan fingerprint density at radius 2 is 1.13 bits per heavy atom. The molecule has 0 bridgehead atoms. The SMILES string of the molecule is CCCCCCCCCCCCCCCCCCC#COOS(=O)(=O)CCOCC. The molecule has 0 amide bonds. The molecule has 0 rings (SSSR count). The molecule has 0 aromatic heterocycles. The molecular weight excluding hydrogens is 400 g/mol. The lowest BCUT2D eigenvalue weighted by Gasteiger charge is -2.03. The number of hydrogen-bond donors (Lipinski definition) is 0. The second-order valence-electron chi connectivity index (χ2n) is 7.94. The molecule has 0 N–H and O–H groups in total. The summed E-state index contributed by atoms with van der Waals surface area (Å²) in [5.74, 6) is 2.55. The molecule has 0 radical (unpaired) electrons. The summed E-state index contributed by atoms with van der Waals surface area (Å²) in [5, 5.41) is 0. The molecule has 0 saturated carbocycles. The van der Waals surface area contributed by atoms with E-state index in [1.807, 2.05) is 0 Å². The smallest absolute Gasteiger partial charge is 0.306 e. The van der Waals surface area contributed by atoms with Crippen molar-refractivity contribution in [2.24, 2.45) is 0 Å². The van der Waals surface area contributed by atoms with E-state index < -0.39 is 10.1 Å². The fourth-order valence-corrected chi connectivity index (χ4v) is 3.78. The van der Waals surface area contributed by atoms with Crippen LogP contribution in [-0.2, 0) is 24.1 Å². The van der Waals surface area contributed by atoms with Crippen LogP contribution >= 0.6 is 0 Å². The number of ether oxygens (including phenoxy) is 1. The molecule has 0 saturated heterocycles. The molecule has 0 aromatic rings. The van der Waals surface area contributed by atoms with Crippen LogP contribution in [0.4, 0.5) is 0 Å². The van der Waals surface area contributed by atoms with Crippen LogP contribution in [0, 0.1) is 12.0 Å². The largest absolute Gasteiger partial charge is 0.381 e.